The zero-order valence-electron chi connectivity index (χ0n) is 21.2. The number of carbonyl (C=O) groups is 1. The molecule has 4 aromatic rings. The van der Waals surface area contributed by atoms with Crippen LogP contribution in [0.5, 0.6) is 0 Å². The average Bonchev–Trinajstić information content (AvgIpc) is 3.49. The van der Waals surface area contributed by atoms with E-state index in [0.29, 0.717) is 30.1 Å². The summed E-state index contributed by atoms with van der Waals surface area (Å²) in [5.74, 6) is -0.185. The van der Waals surface area contributed by atoms with Crippen LogP contribution >= 0.6 is 12.4 Å². The number of rotatable bonds is 6. The molecule has 0 aliphatic heterocycles. The van der Waals surface area contributed by atoms with Crippen molar-refractivity contribution in [2.75, 3.05) is 0 Å². The van der Waals surface area contributed by atoms with E-state index in [4.69, 9.17) is 9.63 Å². The van der Waals surface area contributed by atoms with Gasteiger partial charge >= 0.3 is 5.97 Å². The van der Waals surface area contributed by atoms with Crippen LogP contribution < -0.4 is 5.32 Å². The molecule has 6 rings (SSSR count). The van der Waals surface area contributed by atoms with Crippen molar-refractivity contribution in [3.05, 3.63) is 82.7 Å². The molecule has 0 spiro atoms. The van der Waals surface area contributed by atoms with E-state index in [1.165, 1.54) is 17.2 Å². The van der Waals surface area contributed by atoms with Crippen LogP contribution in [-0.4, -0.2) is 27.3 Å². The van der Waals surface area contributed by atoms with Crippen LogP contribution in [0.3, 0.4) is 0 Å². The van der Waals surface area contributed by atoms with Gasteiger partial charge in [0.15, 0.2) is 0 Å². The first-order chi connectivity index (χ1) is 17.9. The SMILES string of the molecule is Cc1cc(-c2nc(-c3ccc4c(c3)CCC4NC3CC(C(=O)O)C3)no2)cc(C)c1-c1ccccc1F.Cl. The Labute approximate surface area is 226 Å². The van der Waals surface area contributed by atoms with Gasteiger partial charge in [0, 0.05) is 28.8 Å². The number of fused-ring (bicyclic) bond motifs is 1. The summed E-state index contributed by atoms with van der Waals surface area (Å²) in [6, 6.07) is 17.5. The quantitative estimate of drug-likeness (QED) is 0.287. The van der Waals surface area contributed by atoms with Crippen molar-refractivity contribution in [2.24, 2.45) is 5.92 Å². The average molecular weight is 534 g/mol. The first-order valence-corrected chi connectivity index (χ1v) is 12.7. The number of aromatic nitrogens is 2. The lowest BCUT2D eigenvalue weighted by molar-refractivity contribution is -0.145. The van der Waals surface area contributed by atoms with E-state index in [9.17, 15) is 9.18 Å². The van der Waals surface area contributed by atoms with Crippen LogP contribution in [-0.2, 0) is 11.2 Å². The first kappa shape index (κ1) is 26.1. The minimum Gasteiger partial charge on any atom is -0.481 e. The highest BCUT2D eigenvalue weighted by Gasteiger charge is 2.36. The largest absolute Gasteiger partial charge is 0.481 e. The Morgan fingerprint density at radius 3 is 2.50 bits per heavy atom. The normalized spacial score (nSPS) is 19.9. The van der Waals surface area contributed by atoms with Crippen molar-refractivity contribution in [1.82, 2.24) is 15.5 Å². The molecule has 8 heteroatoms. The monoisotopic (exact) mass is 533 g/mol. The van der Waals surface area contributed by atoms with Crippen LogP contribution in [0, 0.1) is 25.6 Å². The Kier molecular flexibility index (Phi) is 7.07. The molecule has 1 unspecified atom stereocenters. The maximum Gasteiger partial charge on any atom is 0.306 e. The van der Waals surface area contributed by atoms with Gasteiger partial charge in [-0.2, -0.15) is 4.98 Å². The van der Waals surface area contributed by atoms with Crippen LogP contribution in [0.2, 0.25) is 0 Å². The highest BCUT2D eigenvalue weighted by molar-refractivity contribution is 5.85. The number of hydrogen-bond donors (Lipinski definition) is 2. The number of aliphatic carboxylic acids is 1. The van der Waals surface area contributed by atoms with Gasteiger partial charge in [-0.25, -0.2) is 4.39 Å². The molecule has 2 N–H and O–H groups in total. The fraction of sp³-hybridized carbons (Fsp3) is 0.300. The smallest absolute Gasteiger partial charge is 0.306 e. The van der Waals surface area contributed by atoms with Crippen molar-refractivity contribution in [3.8, 4) is 34.0 Å². The zero-order chi connectivity index (χ0) is 25.7. The summed E-state index contributed by atoms with van der Waals surface area (Å²) in [5.41, 5.74) is 7.58. The zero-order valence-corrected chi connectivity index (χ0v) is 22.0. The van der Waals surface area contributed by atoms with Crippen molar-refractivity contribution < 1.29 is 18.8 Å². The lowest BCUT2D eigenvalue weighted by atomic mass is 9.80. The van der Waals surface area contributed by atoms with Crippen LogP contribution in [0.4, 0.5) is 4.39 Å². The number of carboxylic acids is 1. The van der Waals surface area contributed by atoms with E-state index >= 15 is 0 Å². The molecular weight excluding hydrogens is 505 g/mol. The summed E-state index contributed by atoms with van der Waals surface area (Å²) >= 11 is 0. The number of aryl methyl sites for hydroxylation is 3. The summed E-state index contributed by atoms with van der Waals surface area (Å²) in [6.45, 7) is 3.93. The van der Waals surface area contributed by atoms with Crippen molar-refractivity contribution in [3.63, 3.8) is 0 Å². The Balaban J connectivity index is 0.00000294. The van der Waals surface area contributed by atoms with Crippen LogP contribution in [0.15, 0.2) is 59.1 Å². The lowest BCUT2D eigenvalue weighted by Gasteiger charge is -2.35. The highest BCUT2D eigenvalue weighted by atomic mass is 35.5. The fourth-order valence-corrected chi connectivity index (χ4v) is 5.80. The van der Waals surface area contributed by atoms with Gasteiger partial charge in [0.1, 0.15) is 5.82 Å². The Bertz CT molecular complexity index is 1490. The minimum atomic E-state index is -0.694. The van der Waals surface area contributed by atoms with Crippen molar-refractivity contribution in [1.29, 1.82) is 0 Å². The Morgan fingerprint density at radius 2 is 1.79 bits per heavy atom. The highest BCUT2D eigenvalue weighted by Crippen LogP contribution is 2.38. The molecule has 1 fully saturated rings. The molecule has 0 bridgehead atoms. The summed E-state index contributed by atoms with van der Waals surface area (Å²) in [4.78, 5) is 15.8. The first-order valence-electron chi connectivity index (χ1n) is 12.7. The van der Waals surface area contributed by atoms with Crippen LogP contribution in [0.1, 0.15) is 47.6 Å². The Morgan fingerprint density at radius 1 is 1.05 bits per heavy atom. The second-order valence-electron chi connectivity index (χ2n) is 10.3. The molecule has 1 saturated carbocycles. The molecular formula is C30H29ClFN3O3. The van der Waals surface area contributed by atoms with Gasteiger partial charge in [-0.05, 0) is 91.6 Å². The minimum absolute atomic E-state index is 0. The van der Waals surface area contributed by atoms with Crippen LogP contribution in [0.25, 0.3) is 34.0 Å². The molecule has 38 heavy (non-hydrogen) atoms. The van der Waals surface area contributed by atoms with Crippen molar-refractivity contribution in [2.45, 2.75) is 51.6 Å². The molecule has 0 amide bonds. The molecule has 1 atom stereocenters. The van der Waals surface area contributed by atoms with Gasteiger partial charge < -0.3 is 14.9 Å². The van der Waals surface area contributed by atoms with Gasteiger partial charge in [-0.15, -0.1) is 12.4 Å². The van der Waals surface area contributed by atoms with Gasteiger partial charge in [-0.3, -0.25) is 4.79 Å². The third kappa shape index (κ3) is 4.72. The number of nitrogens with zero attached hydrogens (tertiary/aromatic N) is 2. The number of carboxylic acid groups (broad SMARTS) is 1. The number of benzene rings is 3. The molecule has 2 aliphatic rings. The number of halogens is 2. The van der Waals surface area contributed by atoms with E-state index in [-0.39, 0.29) is 36.2 Å². The maximum atomic E-state index is 14.4. The molecule has 0 saturated heterocycles. The Hall–Kier alpha value is -3.55. The predicted octanol–water partition coefficient (Wildman–Crippen LogP) is 6.69. The predicted molar refractivity (Wildman–Crippen MR) is 146 cm³/mol. The number of nitrogens with one attached hydrogen (secondary N) is 1. The second-order valence-corrected chi connectivity index (χ2v) is 10.3. The topological polar surface area (TPSA) is 88.2 Å². The fourth-order valence-electron chi connectivity index (χ4n) is 5.80. The second kappa shape index (κ2) is 10.3. The third-order valence-electron chi connectivity index (χ3n) is 7.75. The summed E-state index contributed by atoms with van der Waals surface area (Å²) < 4.78 is 20.1. The van der Waals surface area contributed by atoms with E-state index in [1.807, 2.05) is 38.1 Å². The van der Waals surface area contributed by atoms with E-state index in [0.717, 1.165) is 40.7 Å². The van der Waals surface area contributed by atoms with Gasteiger partial charge in [0.05, 0.1) is 5.92 Å². The van der Waals surface area contributed by atoms with Gasteiger partial charge in [0.25, 0.3) is 5.89 Å². The van der Waals surface area contributed by atoms with Crippen molar-refractivity contribution >= 4 is 18.4 Å². The van der Waals surface area contributed by atoms with E-state index in [1.54, 1.807) is 12.1 Å². The lowest BCUT2D eigenvalue weighted by Crippen LogP contribution is -2.45. The van der Waals surface area contributed by atoms with Gasteiger partial charge in [-0.1, -0.05) is 35.5 Å². The molecule has 1 heterocycles. The van der Waals surface area contributed by atoms with E-state index in [2.05, 4.69) is 27.6 Å². The summed E-state index contributed by atoms with van der Waals surface area (Å²) in [6.07, 6.45) is 3.35. The van der Waals surface area contributed by atoms with E-state index < -0.39 is 5.97 Å². The molecule has 3 aromatic carbocycles. The van der Waals surface area contributed by atoms with Gasteiger partial charge in [0.2, 0.25) is 5.82 Å². The standard InChI is InChI=1S/C30H28FN3O3.ClH/c1-16-11-20(12-17(2)27(16)24-5-3-4-6-25(24)31)29-33-28(34-37-29)19-7-9-23-18(13-19)8-10-26(23)32-22-14-21(15-22)30(35)36;/h3-7,9,11-13,21-22,26,32H,8,10,14-15H2,1-2H3,(H,35,36);1H. The number of hydrogen-bond acceptors (Lipinski definition) is 5. The molecule has 0 radical (unpaired) electrons. The molecule has 1 aromatic heterocycles. The molecule has 6 nitrogen and oxygen atoms in total. The molecule has 196 valence electrons. The summed E-state index contributed by atoms with van der Waals surface area (Å²) in [7, 11) is 0. The summed E-state index contributed by atoms with van der Waals surface area (Å²) in [5, 5.41) is 17.0. The maximum absolute atomic E-state index is 14.4. The molecule has 2 aliphatic carbocycles. The third-order valence-corrected chi connectivity index (χ3v) is 7.75.